The topological polar surface area (TPSA) is 136 Å². The van der Waals surface area contributed by atoms with Crippen LogP contribution < -0.4 is 5.32 Å². The molecule has 2 fully saturated rings. The number of amides is 1. The van der Waals surface area contributed by atoms with Crippen LogP contribution in [0, 0.1) is 11.8 Å². The van der Waals surface area contributed by atoms with Gasteiger partial charge < -0.3 is 10.5 Å². The van der Waals surface area contributed by atoms with E-state index < -0.39 is 10.4 Å². The van der Waals surface area contributed by atoms with Crippen LogP contribution in [0.4, 0.5) is 0 Å². The maximum Gasteiger partial charge on any atom is 0.394 e. The Morgan fingerprint density at radius 2 is 1.43 bits per heavy atom. The number of hydrogen-bond donors (Lipinski definition) is 4. The molecular formula is C14H28N2O6S. The van der Waals surface area contributed by atoms with E-state index in [0.717, 1.165) is 56.2 Å². The molecule has 8 nitrogen and oxygen atoms in total. The van der Waals surface area contributed by atoms with Gasteiger partial charge in [-0.1, -0.05) is 19.0 Å². The molecule has 0 spiro atoms. The molecule has 0 radical (unpaired) electrons. The molecule has 2 rings (SSSR count). The number of oxime groups is 1. The van der Waals surface area contributed by atoms with Crippen LogP contribution in [0.2, 0.25) is 0 Å². The molecule has 0 aromatic carbocycles. The van der Waals surface area contributed by atoms with E-state index in [-0.39, 0.29) is 5.91 Å². The normalized spacial score (nSPS) is 24.9. The molecule has 1 saturated carbocycles. The molecule has 0 bridgehead atoms. The lowest BCUT2D eigenvalue weighted by Gasteiger charge is -2.17. The van der Waals surface area contributed by atoms with Gasteiger partial charge in [0.1, 0.15) is 0 Å². The molecule has 1 atom stereocenters. The Morgan fingerprint density at radius 3 is 1.91 bits per heavy atom. The lowest BCUT2D eigenvalue weighted by Crippen LogP contribution is -2.21. The molecule has 0 aromatic rings. The molecule has 4 N–H and O–H groups in total. The van der Waals surface area contributed by atoms with Crippen LogP contribution in [0.1, 0.15) is 58.8 Å². The van der Waals surface area contributed by atoms with Crippen LogP contribution in [0.5, 0.6) is 0 Å². The Morgan fingerprint density at radius 1 is 1.00 bits per heavy atom. The highest BCUT2D eigenvalue weighted by atomic mass is 32.3. The average Bonchev–Trinajstić information content (AvgIpc) is 2.63. The third kappa shape index (κ3) is 15.5. The fourth-order valence-corrected chi connectivity index (χ4v) is 2.26. The van der Waals surface area contributed by atoms with Crippen molar-refractivity contribution in [2.45, 2.75) is 58.8 Å². The molecule has 23 heavy (non-hydrogen) atoms. The zero-order chi connectivity index (χ0) is 17.9. The smallest absolute Gasteiger partial charge is 0.394 e. The van der Waals surface area contributed by atoms with Crippen molar-refractivity contribution in [1.29, 1.82) is 0 Å². The number of nitrogens with zero attached hydrogens (tertiary/aromatic N) is 1. The second kappa shape index (κ2) is 11.4. The van der Waals surface area contributed by atoms with Gasteiger partial charge in [0.2, 0.25) is 5.91 Å². The average molecular weight is 352 g/mol. The highest BCUT2D eigenvalue weighted by Crippen LogP contribution is 2.20. The Bertz CT molecular complexity index is 460. The van der Waals surface area contributed by atoms with Gasteiger partial charge in [0.05, 0.1) is 5.71 Å². The van der Waals surface area contributed by atoms with Gasteiger partial charge in [-0.3, -0.25) is 13.9 Å². The summed E-state index contributed by atoms with van der Waals surface area (Å²) in [5.74, 6) is 1.78. The first-order valence-corrected chi connectivity index (χ1v) is 9.18. The minimum absolute atomic E-state index is 0.222. The van der Waals surface area contributed by atoms with E-state index in [2.05, 4.69) is 24.3 Å². The quantitative estimate of drug-likeness (QED) is 0.300. The van der Waals surface area contributed by atoms with Gasteiger partial charge in [0, 0.05) is 13.0 Å². The summed E-state index contributed by atoms with van der Waals surface area (Å²) in [5.41, 5.74) is 0.980. The van der Waals surface area contributed by atoms with Crippen LogP contribution in [0.3, 0.4) is 0 Å². The van der Waals surface area contributed by atoms with E-state index in [0.29, 0.717) is 0 Å². The number of carbonyl (C=O) groups excluding carboxylic acids is 1. The summed E-state index contributed by atoms with van der Waals surface area (Å²) in [6, 6.07) is 0. The number of hydrogen-bond acceptors (Lipinski definition) is 5. The Balaban J connectivity index is 0.000000332. The van der Waals surface area contributed by atoms with Gasteiger partial charge in [-0.2, -0.15) is 8.42 Å². The maximum absolute atomic E-state index is 10.7. The standard InChI is InChI=1S/2C7H13NO.H2O4S/c1-6-2-4-7(8-9)5-3-6;1-6-2-3-7(9)8-5-4-6;1-5(2,3)4/h6,9H,2-5H2,1H3;6H,2-5H2,1H3,(H,8,9);(H2,1,2,3,4). The van der Waals surface area contributed by atoms with E-state index in [1.807, 2.05) is 0 Å². The predicted molar refractivity (Wildman–Crippen MR) is 87.1 cm³/mol. The van der Waals surface area contributed by atoms with E-state index in [1.54, 1.807) is 0 Å². The second-order valence-electron chi connectivity index (χ2n) is 6.08. The van der Waals surface area contributed by atoms with Crippen molar-refractivity contribution in [3.8, 4) is 0 Å². The summed E-state index contributed by atoms with van der Waals surface area (Å²) in [5, 5.41) is 14.4. The zero-order valence-electron chi connectivity index (χ0n) is 13.7. The van der Waals surface area contributed by atoms with E-state index in [9.17, 15) is 4.79 Å². The monoisotopic (exact) mass is 352 g/mol. The van der Waals surface area contributed by atoms with Crippen LogP contribution in [-0.4, -0.2) is 40.9 Å². The summed E-state index contributed by atoms with van der Waals surface area (Å²) in [4.78, 5) is 10.7. The van der Waals surface area contributed by atoms with Crippen LogP contribution >= 0.6 is 0 Å². The first-order valence-electron chi connectivity index (χ1n) is 7.78. The third-order valence-electron chi connectivity index (χ3n) is 3.82. The zero-order valence-corrected chi connectivity index (χ0v) is 14.5. The molecule has 1 amide bonds. The molecule has 136 valence electrons. The number of nitrogens with one attached hydrogen (secondary N) is 1. The van der Waals surface area contributed by atoms with E-state index in [1.165, 1.54) is 12.8 Å². The molecule has 1 heterocycles. The summed E-state index contributed by atoms with van der Waals surface area (Å²) in [6.45, 7) is 5.31. The largest absolute Gasteiger partial charge is 0.411 e. The molecular weight excluding hydrogens is 324 g/mol. The molecule has 9 heteroatoms. The Labute approximate surface area is 137 Å². The molecule has 1 aliphatic carbocycles. The summed E-state index contributed by atoms with van der Waals surface area (Å²) in [7, 11) is -4.67. The van der Waals surface area contributed by atoms with E-state index in [4.69, 9.17) is 22.7 Å². The van der Waals surface area contributed by atoms with Crippen molar-refractivity contribution < 1.29 is 27.5 Å². The third-order valence-corrected chi connectivity index (χ3v) is 3.82. The van der Waals surface area contributed by atoms with Crippen molar-refractivity contribution >= 4 is 22.0 Å². The Hall–Kier alpha value is -1.19. The molecule has 1 aliphatic heterocycles. The first-order chi connectivity index (χ1) is 10.6. The lowest BCUT2D eigenvalue weighted by atomic mass is 9.90. The highest BCUT2D eigenvalue weighted by molar-refractivity contribution is 7.79. The van der Waals surface area contributed by atoms with Crippen LogP contribution in [0.15, 0.2) is 5.16 Å². The highest BCUT2D eigenvalue weighted by Gasteiger charge is 2.13. The second-order valence-corrected chi connectivity index (χ2v) is 6.97. The van der Waals surface area contributed by atoms with Gasteiger partial charge in [0.25, 0.3) is 0 Å². The number of carbonyl (C=O) groups is 1. The lowest BCUT2D eigenvalue weighted by molar-refractivity contribution is -0.120. The summed E-state index contributed by atoms with van der Waals surface area (Å²) in [6.07, 6.45) is 7.31. The maximum atomic E-state index is 10.7. The minimum atomic E-state index is -4.67. The van der Waals surface area contributed by atoms with Crippen LogP contribution in [-0.2, 0) is 15.2 Å². The van der Waals surface area contributed by atoms with E-state index >= 15 is 0 Å². The van der Waals surface area contributed by atoms with Crippen molar-refractivity contribution in [2.75, 3.05) is 6.54 Å². The van der Waals surface area contributed by atoms with Crippen LogP contribution in [0.25, 0.3) is 0 Å². The van der Waals surface area contributed by atoms with Gasteiger partial charge in [-0.05, 0) is 50.4 Å². The van der Waals surface area contributed by atoms with Crippen molar-refractivity contribution in [3.63, 3.8) is 0 Å². The van der Waals surface area contributed by atoms with Gasteiger partial charge in [0.15, 0.2) is 0 Å². The Kier molecular flexibility index (Phi) is 10.8. The van der Waals surface area contributed by atoms with Gasteiger partial charge in [-0.25, -0.2) is 0 Å². The minimum Gasteiger partial charge on any atom is -0.411 e. The molecule has 2 aliphatic rings. The summed E-state index contributed by atoms with van der Waals surface area (Å²) < 4.78 is 31.6. The fraction of sp³-hybridized carbons (Fsp3) is 0.857. The van der Waals surface area contributed by atoms with Crippen molar-refractivity contribution in [3.05, 3.63) is 0 Å². The first kappa shape index (κ1) is 21.8. The molecule has 0 aromatic heterocycles. The molecule has 1 unspecified atom stereocenters. The van der Waals surface area contributed by atoms with Crippen molar-refractivity contribution in [1.82, 2.24) is 5.32 Å². The fourth-order valence-electron chi connectivity index (χ4n) is 2.26. The van der Waals surface area contributed by atoms with Gasteiger partial charge in [-0.15, -0.1) is 0 Å². The van der Waals surface area contributed by atoms with Crippen molar-refractivity contribution in [2.24, 2.45) is 17.0 Å². The summed E-state index contributed by atoms with van der Waals surface area (Å²) >= 11 is 0. The predicted octanol–water partition coefficient (Wildman–Crippen LogP) is 2.30. The SMILES string of the molecule is CC1CCC(=NO)CC1.CC1CCNC(=O)CC1.O=S(=O)(O)O. The molecule has 1 saturated heterocycles. The number of rotatable bonds is 0. The van der Waals surface area contributed by atoms with Gasteiger partial charge >= 0.3 is 10.4 Å².